The number of nitrogens with zero attached hydrogens (tertiary/aromatic N) is 3. The summed E-state index contributed by atoms with van der Waals surface area (Å²) >= 11 is 0. The van der Waals surface area contributed by atoms with Gasteiger partial charge in [0.1, 0.15) is 5.76 Å². The zero-order valence-electron chi connectivity index (χ0n) is 11.7. The molecule has 1 N–H and O–H groups in total. The Bertz CT molecular complexity index is 616. The lowest BCUT2D eigenvalue weighted by molar-refractivity contribution is -0.118. The van der Waals surface area contributed by atoms with E-state index in [1.807, 2.05) is 6.07 Å². The van der Waals surface area contributed by atoms with Gasteiger partial charge in [0.15, 0.2) is 5.82 Å². The minimum Gasteiger partial charge on any atom is -0.360 e. The molecule has 1 atom stereocenters. The van der Waals surface area contributed by atoms with Crippen molar-refractivity contribution in [2.75, 3.05) is 18.4 Å². The molecule has 1 aliphatic rings. The SMILES string of the molecule is Cc1cc(NC(=O)CN2CCn3cccc3[C@H]2C)no1. The molecule has 0 saturated heterocycles. The second-order valence-corrected chi connectivity index (χ2v) is 5.14. The number of hydrogen-bond acceptors (Lipinski definition) is 4. The van der Waals surface area contributed by atoms with Gasteiger partial charge in [-0.05, 0) is 26.0 Å². The molecular formula is C14H18N4O2. The van der Waals surface area contributed by atoms with Crippen LogP contribution in [0.5, 0.6) is 0 Å². The molecule has 106 valence electrons. The van der Waals surface area contributed by atoms with Crippen LogP contribution in [-0.2, 0) is 11.3 Å². The number of amides is 1. The Hall–Kier alpha value is -2.08. The summed E-state index contributed by atoms with van der Waals surface area (Å²) in [5, 5.41) is 6.52. The Kier molecular flexibility index (Phi) is 3.31. The fraction of sp³-hybridized carbons (Fsp3) is 0.429. The van der Waals surface area contributed by atoms with Gasteiger partial charge in [-0.2, -0.15) is 0 Å². The first-order valence-corrected chi connectivity index (χ1v) is 6.76. The molecule has 0 spiro atoms. The van der Waals surface area contributed by atoms with Gasteiger partial charge in [0.2, 0.25) is 5.91 Å². The van der Waals surface area contributed by atoms with Gasteiger partial charge in [-0.1, -0.05) is 5.16 Å². The first-order valence-electron chi connectivity index (χ1n) is 6.76. The number of anilines is 1. The summed E-state index contributed by atoms with van der Waals surface area (Å²) < 4.78 is 7.17. The van der Waals surface area contributed by atoms with Crippen molar-refractivity contribution in [2.24, 2.45) is 0 Å². The maximum absolute atomic E-state index is 12.0. The zero-order chi connectivity index (χ0) is 14.1. The molecule has 20 heavy (non-hydrogen) atoms. The number of aryl methyl sites for hydroxylation is 1. The Balaban J connectivity index is 1.62. The van der Waals surface area contributed by atoms with Crippen LogP contribution < -0.4 is 5.32 Å². The van der Waals surface area contributed by atoms with Crippen molar-refractivity contribution >= 4 is 11.7 Å². The summed E-state index contributed by atoms with van der Waals surface area (Å²) in [5.41, 5.74) is 1.25. The lowest BCUT2D eigenvalue weighted by atomic mass is 10.1. The standard InChI is InChI=1S/C14H18N4O2/c1-10-8-13(16-20-10)15-14(19)9-18-7-6-17-5-3-4-12(17)11(18)2/h3-5,8,11H,6-7,9H2,1-2H3,(H,15,16,19)/t11-/m1/s1. The van der Waals surface area contributed by atoms with Crippen LogP contribution in [0.1, 0.15) is 24.4 Å². The zero-order valence-corrected chi connectivity index (χ0v) is 11.7. The van der Waals surface area contributed by atoms with E-state index in [0.29, 0.717) is 18.1 Å². The first-order chi connectivity index (χ1) is 9.63. The van der Waals surface area contributed by atoms with Crippen molar-refractivity contribution in [1.29, 1.82) is 0 Å². The third-order valence-corrected chi connectivity index (χ3v) is 3.71. The number of rotatable bonds is 3. The topological polar surface area (TPSA) is 63.3 Å². The molecule has 0 radical (unpaired) electrons. The summed E-state index contributed by atoms with van der Waals surface area (Å²) in [5.74, 6) is 1.09. The fourth-order valence-electron chi connectivity index (χ4n) is 2.64. The summed E-state index contributed by atoms with van der Waals surface area (Å²) in [6, 6.07) is 6.11. The van der Waals surface area contributed by atoms with Crippen LogP contribution in [0.3, 0.4) is 0 Å². The van der Waals surface area contributed by atoms with Crippen molar-refractivity contribution in [3.05, 3.63) is 35.9 Å². The molecule has 3 rings (SSSR count). The number of fused-ring (bicyclic) bond motifs is 1. The van der Waals surface area contributed by atoms with E-state index in [1.54, 1.807) is 13.0 Å². The van der Waals surface area contributed by atoms with Gasteiger partial charge in [0.25, 0.3) is 0 Å². The van der Waals surface area contributed by atoms with Crippen molar-refractivity contribution in [3.8, 4) is 0 Å². The van der Waals surface area contributed by atoms with E-state index in [-0.39, 0.29) is 11.9 Å². The maximum atomic E-state index is 12.0. The molecule has 0 fully saturated rings. The Morgan fingerprint density at radius 1 is 1.55 bits per heavy atom. The highest BCUT2D eigenvalue weighted by molar-refractivity contribution is 5.91. The second-order valence-electron chi connectivity index (χ2n) is 5.14. The average Bonchev–Trinajstić information content (AvgIpc) is 3.02. The molecule has 0 unspecified atom stereocenters. The molecule has 6 nitrogen and oxygen atoms in total. The van der Waals surface area contributed by atoms with Crippen LogP contribution in [0, 0.1) is 6.92 Å². The first kappa shape index (κ1) is 12.9. The van der Waals surface area contributed by atoms with E-state index in [1.165, 1.54) is 5.69 Å². The normalized spacial score (nSPS) is 18.8. The molecule has 0 aromatic carbocycles. The predicted molar refractivity (Wildman–Crippen MR) is 74.3 cm³/mol. The Morgan fingerprint density at radius 2 is 2.40 bits per heavy atom. The number of nitrogens with one attached hydrogen (secondary N) is 1. The average molecular weight is 274 g/mol. The molecule has 1 amide bonds. The minimum atomic E-state index is -0.0647. The van der Waals surface area contributed by atoms with Crippen molar-refractivity contribution in [2.45, 2.75) is 26.4 Å². The van der Waals surface area contributed by atoms with Gasteiger partial charge < -0.3 is 14.4 Å². The van der Waals surface area contributed by atoms with Crippen LogP contribution in [0.2, 0.25) is 0 Å². The predicted octanol–water partition coefficient (Wildman–Crippen LogP) is 1.80. The van der Waals surface area contributed by atoms with Gasteiger partial charge in [-0.15, -0.1) is 0 Å². The van der Waals surface area contributed by atoms with Crippen LogP contribution in [0.25, 0.3) is 0 Å². The van der Waals surface area contributed by atoms with Gasteiger partial charge in [0, 0.05) is 37.1 Å². The van der Waals surface area contributed by atoms with Gasteiger partial charge in [-0.3, -0.25) is 9.69 Å². The summed E-state index contributed by atoms with van der Waals surface area (Å²) in [4.78, 5) is 14.2. The van der Waals surface area contributed by atoms with E-state index in [2.05, 4.69) is 39.1 Å². The lowest BCUT2D eigenvalue weighted by Gasteiger charge is -2.34. The van der Waals surface area contributed by atoms with E-state index in [9.17, 15) is 4.79 Å². The van der Waals surface area contributed by atoms with Crippen LogP contribution in [0.15, 0.2) is 28.9 Å². The van der Waals surface area contributed by atoms with E-state index in [4.69, 9.17) is 4.52 Å². The van der Waals surface area contributed by atoms with Crippen LogP contribution in [0.4, 0.5) is 5.82 Å². The summed E-state index contributed by atoms with van der Waals surface area (Å²) in [6.45, 7) is 6.07. The third-order valence-electron chi connectivity index (χ3n) is 3.71. The quantitative estimate of drug-likeness (QED) is 0.927. The summed E-state index contributed by atoms with van der Waals surface area (Å²) in [7, 11) is 0. The molecule has 2 aromatic rings. The molecule has 3 heterocycles. The van der Waals surface area contributed by atoms with Crippen molar-refractivity contribution in [1.82, 2.24) is 14.6 Å². The monoisotopic (exact) mass is 274 g/mol. The second kappa shape index (κ2) is 5.13. The molecule has 1 aliphatic heterocycles. The highest BCUT2D eigenvalue weighted by atomic mass is 16.5. The number of carbonyl (C=O) groups is 1. The number of aromatic nitrogens is 2. The third kappa shape index (κ3) is 2.46. The Morgan fingerprint density at radius 3 is 3.15 bits per heavy atom. The van der Waals surface area contributed by atoms with Gasteiger partial charge in [0.05, 0.1) is 6.54 Å². The fourth-order valence-corrected chi connectivity index (χ4v) is 2.64. The molecule has 0 saturated carbocycles. The van der Waals surface area contributed by atoms with E-state index >= 15 is 0 Å². The highest BCUT2D eigenvalue weighted by Gasteiger charge is 2.25. The van der Waals surface area contributed by atoms with Crippen LogP contribution in [-0.4, -0.2) is 33.6 Å². The molecular weight excluding hydrogens is 256 g/mol. The van der Waals surface area contributed by atoms with Crippen LogP contribution >= 0.6 is 0 Å². The van der Waals surface area contributed by atoms with Crippen molar-refractivity contribution in [3.63, 3.8) is 0 Å². The molecule has 6 heteroatoms. The lowest BCUT2D eigenvalue weighted by Crippen LogP contribution is -2.41. The molecule has 0 aliphatic carbocycles. The number of carbonyl (C=O) groups excluding carboxylic acids is 1. The molecule has 0 bridgehead atoms. The minimum absolute atomic E-state index is 0.0647. The maximum Gasteiger partial charge on any atom is 0.239 e. The van der Waals surface area contributed by atoms with E-state index < -0.39 is 0 Å². The smallest absolute Gasteiger partial charge is 0.239 e. The van der Waals surface area contributed by atoms with Crippen molar-refractivity contribution < 1.29 is 9.32 Å². The summed E-state index contributed by atoms with van der Waals surface area (Å²) in [6.07, 6.45) is 2.08. The highest BCUT2D eigenvalue weighted by Crippen LogP contribution is 2.24. The number of hydrogen-bond donors (Lipinski definition) is 1. The van der Waals surface area contributed by atoms with E-state index in [0.717, 1.165) is 13.1 Å². The largest absolute Gasteiger partial charge is 0.360 e. The van der Waals surface area contributed by atoms with Gasteiger partial charge >= 0.3 is 0 Å². The van der Waals surface area contributed by atoms with Gasteiger partial charge in [-0.25, -0.2) is 0 Å². The Labute approximate surface area is 117 Å². The molecule has 2 aromatic heterocycles.